The van der Waals surface area contributed by atoms with Crippen molar-refractivity contribution in [3.63, 3.8) is 0 Å². The van der Waals surface area contributed by atoms with Crippen LogP contribution in [0, 0.1) is 12.8 Å². The lowest BCUT2D eigenvalue weighted by Crippen LogP contribution is -2.42. The summed E-state index contributed by atoms with van der Waals surface area (Å²) < 4.78 is 0. The van der Waals surface area contributed by atoms with Gasteiger partial charge < -0.3 is 15.7 Å². The maximum absolute atomic E-state index is 11.5. The molecule has 1 rings (SSSR count). The minimum Gasteiger partial charge on any atom is -0.386 e. The van der Waals surface area contributed by atoms with Crippen LogP contribution < -0.4 is 10.6 Å². The van der Waals surface area contributed by atoms with Gasteiger partial charge in [-0.25, -0.2) is 0 Å². The molecule has 1 unspecified atom stereocenters. The molecule has 0 saturated heterocycles. The lowest BCUT2D eigenvalue weighted by Gasteiger charge is -2.12. The van der Waals surface area contributed by atoms with Crippen LogP contribution >= 0.6 is 11.3 Å². The summed E-state index contributed by atoms with van der Waals surface area (Å²) in [6.07, 6.45) is -0.776. The number of hydrogen-bond donors (Lipinski definition) is 3. The van der Waals surface area contributed by atoms with Gasteiger partial charge in [0.25, 0.3) is 0 Å². The first-order chi connectivity index (χ1) is 8.91. The monoisotopic (exact) mass is 284 g/mol. The Morgan fingerprint density at radius 1 is 1.26 bits per heavy atom. The van der Waals surface area contributed by atoms with E-state index in [1.807, 2.05) is 32.2 Å². The van der Waals surface area contributed by atoms with Crippen molar-refractivity contribution in [3.8, 4) is 0 Å². The Hall–Kier alpha value is -1.40. The molecule has 106 valence electrons. The molecule has 19 heavy (non-hydrogen) atoms. The molecular weight excluding hydrogens is 264 g/mol. The third-order valence-electron chi connectivity index (χ3n) is 2.54. The predicted molar refractivity (Wildman–Crippen MR) is 74.9 cm³/mol. The number of nitrogens with one attached hydrogen (secondary N) is 2. The second kappa shape index (κ2) is 7.25. The first kappa shape index (κ1) is 15.7. The van der Waals surface area contributed by atoms with Crippen molar-refractivity contribution in [1.82, 2.24) is 10.6 Å². The fourth-order valence-corrected chi connectivity index (χ4v) is 2.38. The van der Waals surface area contributed by atoms with E-state index >= 15 is 0 Å². The van der Waals surface area contributed by atoms with Crippen LogP contribution in [0.1, 0.15) is 30.4 Å². The van der Waals surface area contributed by atoms with E-state index in [1.54, 1.807) is 0 Å². The molecule has 2 amide bonds. The number of amides is 2. The Bertz CT molecular complexity index is 443. The van der Waals surface area contributed by atoms with E-state index in [1.165, 1.54) is 11.3 Å². The molecule has 0 aliphatic heterocycles. The number of carbonyl (C=O) groups excluding carboxylic acids is 2. The van der Waals surface area contributed by atoms with Crippen molar-refractivity contribution in [2.45, 2.75) is 26.9 Å². The maximum Gasteiger partial charge on any atom is 0.309 e. The summed E-state index contributed by atoms with van der Waals surface area (Å²) in [6, 6.07) is 1.90. The number of aliphatic hydroxyl groups is 1. The maximum atomic E-state index is 11.5. The molecule has 1 atom stereocenters. The predicted octanol–water partition coefficient (Wildman–Crippen LogP) is 0.978. The van der Waals surface area contributed by atoms with Crippen LogP contribution in [0.4, 0.5) is 0 Å². The van der Waals surface area contributed by atoms with Crippen LogP contribution in [0.25, 0.3) is 0 Å². The molecule has 0 aliphatic rings. The van der Waals surface area contributed by atoms with Crippen LogP contribution in [-0.4, -0.2) is 30.0 Å². The van der Waals surface area contributed by atoms with Crippen LogP contribution in [0.3, 0.4) is 0 Å². The zero-order valence-electron chi connectivity index (χ0n) is 11.4. The molecule has 1 aromatic rings. The topological polar surface area (TPSA) is 78.4 Å². The Kier molecular flexibility index (Phi) is 5.98. The highest BCUT2D eigenvalue weighted by molar-refractivity contribution is 7.10. The third-order valence-corrected chi connectivity index (χ3v) is 3.66. The van der Waals surface area contributed by atoms with Crippen LogP contribution in [-0.2, 0) is 9.59 Å². The lowest BCUT2D eigenvalue weighted by molar-refractivity contribution is -0.139. The van der Waals surface area contributed by atoms with Gasteiger partial charge in [0.05, 0.1) is 0 Å². The highest BCUT2D eigenvalue weighted by atomic mass is 32.1. The van der Waals surface area contributed by atoms with Crippen molar-refractivity contribution < 1.29 is 14.7 Å². The fourth-order valence-electron chi connectivity index (χ4n) is 1.47. The van der Waals surface area contributed by atoms with Crippen molar-refractivity contribution in [3.05, 3.63) is 21.9 Å². The van der Waals surface area contributed by atoms with Crippen molar-refractivity contribution in [2.75, 3.05) is 13.1 Å². The van der Waals surface area contributed by atoms with Gasteiger partial charge in [-0.15, -0.1) is 11.3 Å². The SMILES string of the molecule is Cc1ccsc1C(O)CNC(=O)C(=O)NCC(C)C. The molecule has 0 aromatic carbocycles. The second-order valence-corrected chi connectivity index (χ2v) is 5.75. The van der Waals surface area contributed by atoms with Crippen LogP contribution in [0.2, 0.25) is 0 Å². The van der Waals surface area contributed by atoms with Gasteiger partial charge in [-0.05, 0) is 29.9 Å². The minimum atomic E-state index is -0.776. The number of carbonyl (C=O) groups is 2. The van der Waals surface area contributed by atoms with E-state index in [0.717, 1.165) is 10.4 Å². The van der Waals surface area contributed by atoms with E-state index in [-0.39, 0.29) is 12.5 Å². The van der Waals surface area contributed by atoms with E-state index < -0.39 is 17.9 Å². The molecule has 5 nitrogen and oxygen atoms in total. The zero-order chi connectivity index (χ0) is 14.4. The van der Waals surface area contributed by atoms with Crippen molar-refractivity contribution in [1.29, 1.82) is 0 Å². The average molecular weight is 284 g/mol. The molecule has 3 N–H and O–H groups in total. The number of thiophene rings is 1. The van der Waals surface area contributed by atoms with Gasteiger partial charge in [-0.3, -0.25) is 9.59 Å². The largest absolute Gasteiger partial charge is 0.386 e. The summed E-state index contributed by atoms with van der Waals surface area (Å²) in [4.78, 5) is 23.7. The number of aliphatic hydroxyl groups excluding tert-OH is 1. The molecule has 1 heterocycles. The summed E-state index contributed by atoms with van der Waals surface area (Å²) >= 11 is 1.43. The number of aryl methyl sites for hydroxylation is 1. The molecule has 0 saturated carbocycles. The molecular formula is C13H20N2O3S. The average Bonchev–Trinajstić information content (AvgIpc) is 2.78. The normalized spacial score (nSPS) is 12.3. The van der Waals surface area contributed by atoms with E-state index in [0.29, 0.717) is 6.54 Å². The second-order valence-electron chi connectivity index (χ2n) is 4.80. The van der Waals surface area contributed by atoms with Crippen LogP contribution in [0.15, 0.2) is 11.4 Å². The first-order valence-corrected chi connectivity index (χ1v) is 7.07. The zero-order valence-corrected chi connectivity index (χ0v) is 12.2. The van der Waals surface area contributed by atoms with Crippen molar-refractivity contribution >= 4 is 23.2 Å². The summed E-state index contributed by atoms with van der Waals surface area (Å²) in [5, 5.41) is 16.7. The van der Waals surface area contributed by atoms with Gasteiger partial charge >= 0.3 is 11.8 Å². The quantitative estimate of drug-likeness (QED) is 0.705. The molecule has 0 bridgehead atoms. The lowest BCUT2D eigenvalue weighted by atomic mass is 10.2. The Balaban J connectivity index is 2.38. The first-order valence-electron chi connectivity index (χ1n) is 6.20. The van der Waals surface area contributed by atoms with Gasteiger partial charge in [0.15, 0.2) is 0 Å². The highest BCUT2D eigenvalue weighted by Crippen LogP contribution is 2.22. The molecule has 6 heteroatoms. The van der Waals surface area contributed by atoms with Gasteiger partial charge in [-0.2, -0.15) is 0 Å². The molecule has 0 radical (unpaired) electrons. The molecule has 0 fully saturated rings. The minimum absolute atomic E-state index is 0.0370. The summed E-state index contributed by atoms with van der Waals surface area (Å²) in [6.45, 7) is 6.28. The molecule has 0 spiro atoms. The van der Waals surface area contributed by atoms with E-state index in [4.69, 9.17) is 0 Å². The van der Waals surface area contributed by atoms with Gasteiger partial charge in [0.1, 0.15) is 6.10 Å². The van der Waals surface area contributed by atoms with Crippen molar-refractivity contribution in [2.24, 2.45) is 5.92 Å². The fraction of sp³-hybridized carbons (Fsp3) is 0.538. The Labute approximate surface area is 117 Å². The van der Waals surface area contributed by atoms with Gasteiger partial charge in [0.2, 0.25) is 0 Å². The van der Waals surface area contributed by atoms with E-state index in [2.05, 4.69) is 10.6 Å². The highest BCUT2D eigenvalue weighted by Gasteiger charge is 2.17. The summed E-state index contributed by atoms with van der Waals surface area (Å²) in [5.41, 5.74) is 0.982. The van der Waals surface area contributed by atoms with E-state index in [9.17, 15) is 14.7 Å². The molecule has 0 aliphatic carbocycles. The Morgan fingerprint density at radius 3 is 2.32 bits per heavy atom. The number of hydrogen-bond acceptors (Lipinski definition) is 4. The van der Waals surface area contributed by atoms with Gasteiger partial charge in [0, 0.05) is 18.0 Å². The summed E-state index contributed by atoms with van der Waals surface area (Å²) in [7, 11) is 0. The Morgan fingerprint density at radius 2 is 1.84 bits per heavy atom. The number of rotatable bonds is 5. The van der Waals surface area contributed by atoms with Gasteiger partial charge in [-0.1, -0.05) is 13.8 Å². The third kappa shape index (κ3) is 5.00. The smallest absolute Gasteiger partial charge is 0.309 e. The molecule has 1 aromatic heterocycles. The van der Waals surface area contributed by atoms with Crippen LogP contribution in [0.5, 0.6) is 0 Å². The standard InChI is InChI=1S/C13H20N2O3S/c1-8(2)6-14-12(17)13(18)15-7-10(16)11-9(3)4-5-19-11/h4-5,8,10,16H,6-7H2,1-3H3,(H,14,17)(H,15,18). The summed E-state index contributed by atoms with van der Waals surface area (Å²) in [5.74, 6) is -1.09.